The van der Waals surface area contributed by atoms with Gasteiger partial charge in [0.25, 0.3) is 0 Å². The van der Waals surface area contributed by atoms with E-state index < -0.39 is 0 Å². The molecule has 1 nitrogen and oxygen atoms in total. The summed E-state index contributed by atoms with van der Waals surface area (Å²) in [4.78, 5) is 2.76. The highest BCUT2D eigenvalue weighted by Gasteiger charge is 2.19. The van der Waals surface area contributed by atoms with Crippen LogP contribution in [0.3, 0.4) is 0 Å². The fraction of sp³-hybridized carbons (Fsp3) is 1.00. The Morgan fingerprint density at radius 2 is 1.45 bits per heavy atom. The number of nitrogens with zero attached hydrogens (tertiary/aromatic N) is 1. The first-order chi connectivity index (χ1) is 9.76. The lowest BCUT2D eigenvalue weighted by molar-refractivity contribution is 0.157. The molecule has 0 aromatic carbocycles. The third kappa shape index (κ3) is 8.29. The number of rotatable bonds is 11. The van der Waals surface area contributed by atoms with Gasteiger partial charge in [0.2, 0.25) is 0 Å². The van der Waals surface area contributed by atoms with Gasteiger partial charge in [-0.1, -0.05) is 65.7 Å². The van der Waals surface area contributed by atoms with Gasteiger partial charge in [-0.25, -0.2) is 0 Å². The van der Waals surface area contributed by atoms with E-state index in [9.17, 15) is 0 Å². The highest BCUT2D eigenvalue weighted by atomic mass is 15.1. The van der Waals surface area contributed by atoms with Crippen LogP contribution in [-0.4, -0.2) is 24.5 Å². The van der Waals surface area contributed by atoms with Crippen LogP contribution in [0, 0.1) is 11.8 Å². The Morgan fingerprint density at radius 3 is 2.10 bits per heavy atom. The molecule has 1 atom stereocenters. The van der Waals surface area contributed by atoms with Gasteiger partial charge < -0.3 is 4.90 Å². The second-order valence-corrected chi connectivity index (χ2v) is 7.19. The lowest BCUT2D eigenvalue weighted by Crippen LogP contribution is -2.36. The molecule has 1 aliphatic rings. The van der Waals surface area contributed by atoms with Gasteiger partial charge >= 0.3 is 0 Å². The molecule has 0 aromatic rings. The van der Waals surface area contributed by atoms with Crippen molar-refractivity contribution in [3.8, 4) is 0 Å². The molecular weight excluding hydrogens is 242 g/mol. The topological polar surface area (TPSA) is 3.24 Å². The summed E-state index contributed by atoms with van der Waals surface area (Å²) < 4.78 is 0. The van der Waals surface area contributed by atoms with Gasteiger partial charge in [0, 0.05) is 6.54 Å². The summed E-state index contributed by atoms with van der Waals surface area (Å²) in [6.07, 6.45) is 15.8. The minimum absolute atomic E-state index is 0.967. The summed E-state index contributed by atoms with van der Waals surface area (Å²) in [5, 5.41) is 0. The van der Waals surface area contributed by atoms with Gasteiger partial charge in [0.05, 0.1) is 0 Å². The second kappa shape index (κ2) is 11.6. The first-order valence-corrected chi connectivity index (χ1v) is 9.48. The lowest BCUT2D eigenvalue weighted by Gasteiger charge is -2.33. The maximum Gasteiger partial charge on any atom is 0.000966 e. The van der Waals surface area contributed by atoms with Crippen LogP contribution in [0.5, 0.6) is 0 Å². The van der Waals surface area contributed by atoms with Gasteiger partial charge in [-0.15, -0.1) is 0 Å². The molecule has 1 heterocycles. The molecule has 0 aliphatic carbocycles. The molecule has 0 N–H and O–H groups in total. The molecule has 1 fully saturated rings. The normalized spacial score (nSPS) is 19.4. The quantitative estimate of drug-likeness (QED) is 0.427. The van der Waals surface area contributed by atoms with Crippen molar-refractivity contribution in [2.45, 2.75) is 91.4 Å². The van der Waals surface area contributed by atoms with Crippen molar-refractivity contribution < 1.29 is 0 Å². The van der Waals surface area contributed by atoms with E-state index in [1.807, 2.05) is 0 Å². The predicted octanol–water partition coefficient (Wildman–Crippen LogP) is 5.89. The summed E-state index contributed by atoms with van der Waals surface area (Å²) in [5.74, 6) is 1.94. The third-order valence-corrected chi connectivity index (χ3v) is 5.07. The van der Waals surface area contributed by atoms with Crippen LogP contribution >= 0.6 is 0 Å². The SMILES string of the molecule is CCCCCCCC(CCCC)CN1CCC(C)CC1. The predicted molar refractivity (Wildman–Crippen MR) is 91.2 cm³/mol. The molecule has 1 aliphatic heterocycles. The van der Waals surface area contributed by atoms with E-state index in [0.29, 0.717) is 0 Å². The summed E-state index contributed by atoms with van der Waals surface area (Å²) in [6, 6.07) is 0. The summed E-state index contributed by atoms with van der Waals surface area (Å²) >= 11 is 0. The molecule has 1 saturated heterocycles. The molecule has 0 bridgehead atoms. The summed E-state index contributed by atoms with van der Waals surface area (Å²) in [5.41, 5.74) is 0. The van der Waals surface area contributed by atoms with E-state index in [4.69, 9.17) is 0 Å². The number of unbranched alkanes of at least 4 members (excludes halogenated alkanes) is 5. The standard InChI is InChI=1S/C19H39N/c1-4-6-8-9-10-12-19(11-7-5-2)17-20-15-13-18(3)14-16-20/h18-19H,4-17H2,1-3H3. The van der Waals surface area contributed by atoms with E-state index in [1.165, 1.54) is 90.3 Å². The van der Waals surface area contributed by atoms with Crippen molar-refractivity contribution in [1.29, 1.82) is 0 Å². The number of piperidine rings is 1. The zero-order valence-electron chi connectivity index (χ0n) is 14.5. The first kappa shape index (κ1) is 18.0. The highest BCUT2D eigenvalue weighted by molar-refractivity contribution is 4.73. The second-order valence-electron chi connectivity index (χ2n) is 7.19. The molecule has 0 saturated carbocycles. The number of likely N-dealkylation sites (tertiary alicyclic amines) is 1. The fourth-order valence-electron chi connectivity index (χ4n) is 3.47. The van der Waals surface area contributed by atoms with Crippen LogP contribution < -0.4 is 0 Å². The van der Waals surface area contributed by atoms with Crippen LogP contribution in [0.4, 0.5) is 0 Å². The first-order valence-electron chi connectivity index (χ1n) is 9.48. The lowest BCUT2D eigenvalue weighted by atomic mass is 9.92. The zero-order valence-corrected chi connectivity index (χ0v) is 14.5. The van der Waals surface area contributed by atoms with Gasteiger partial charge in [0.15, 0.2) is 0 Å². The Morgan fingerprint density at radius 1 is 0.850 bits per heavy atom. The smallest absolute Gasteiger partial charge is 0.000966 e. The fourth-order valence-corrected chi connectivity index (χ4v) is 3.47. The molecule has 0 spiro atoms. The van der Waals surface area contributed by atoms with Crippen LogP contribution in [0.1, 0.15) is 91.4 Å². The largest absolute Gasteiger partial charge is 0.303 e. The van der Waals surface area contributed by atoms with E-state index in [2.05, 4.69) is 25.7 Å². The Balaban J connectivity index is 2.20. The van der Waals surface area contributed by atoms with Crippen LogP contribution in [0.2, 0.25) is 0 Å². The molecule has 20 heavy (non-hydrogen) atoms. The average Bonchev–Trinajstić information content (AvgIpc) is 2.46. The summed E-state index contributed by atoms with van der Waals surface area (Å²) in [7, 11) is 0. The Labute approximate surface area is 128 Å². The molecule has 1 rings (SSSR count). The van der Waals surface area contributed by atoms with Crippen molar-refractivity contribution in [1.82, 2.24) is 4.90 Å². The van der Waals surface area contributed by atoms with Crippen LogP contribution in [0.15, 0.2) is 0 Å². The molecule has 1 heteroatoms. The molecule has 120 valence electrons. The van der Waals surface area contributed by atoms with Crippen molar-refractivity contribution in [3.05, 3.63) is 0 Å². The third-order valence-electron chi connectivity index (χ3n) is 5.07. The molecular formula is C19H39N. The summed E-state index contributed by atoms with van der Waals surface area (Å²) in [6.45, 7) is 11.2. The monoisotopic (exact) mass is 281 g/mol. The zero-order chi connectivity index (χ0) is 14.6. The van der Waals surface area contributed by atoms with Crippen molar-refractivity contribution >= 4 is 0 Å². The van der Waals surface area contributed by atoms with Crippen molar-refractivity contribution in [3.63, 3.8) is 0 Å². The molecule has 0 aromatic heterocycles. The minimum atomic E-state index is 0.967. The Hall–Kier alpha value is -0.0400. The van der Waals surface area contributed by atoms with Gasteiger partial charge in [0.1, 0.15) is 0 Å². The highest BCUT2D eigenvalue weighted by Crippen LogP contribution is 2.22. The van der Waals surface area contributed by atoms with Gasteiger partial charge in [-0.2, -0.15) is 0 Å². The molecule has 0 radical (unpaired) electrons. The Bertz CT molecular complexity index is 206. The van der Waals surface area contributed by atoms with E-state index >= 15 is 0 Å². The Kier molecular flexibility index (Phi) is 10.4. The van der Waals surface area contributed by atoms with E-state index in [1.54, 1.807) is 0 Å². The maximum absolute atomic E-state index is 2.76. The minimum Gasteiger partial charge on any atom is -0.303 e. The van der Waals surface area contributed by atoms with Gasteiger partial charge in [-0.3, -0.25) is 0 Å². The van der Waals surface area contributed by atoms with Crippen LogP contribution in [0.25, 0.3) is 0 Å². The van der Waals surface area contributed by atoms with E-state index in [-0.39, 0.29) is 0 Å². The number of hydrogen-bond donors (Lipinski definition) is 0. The van der Waals surface area contributed by atoms with Crippen LogP contribution in [-0.2, 0) is 0 Å². The molecule has 0 amide bonds. The maximum atomic E-state index is 2.76. The molecule has 1 unspecified atom stereocenters. The van der Waals surface area contributed by atoms with Crippen molar-refractivity contribution in [2.75, 3.05) is 19.6 Å². The van der Waals surface area contributed by atoms with E-state index in [0.717, 1.165) is 11.8 Å². The average molecular weight is 282 g/mol. The van der Waals surface area contributed by atoms with Gasteiger partial charge in [-0.05, 0) is 50.6 Å². The number of hydrogen-bond acceptors (Lipinski definition) is 1. The van der Waals surface area contributed by atoms with Crippen molar-refractivity contribution in [2.24, 2.45) is 11.8 Å².